The van der Waals surface area contributed by atoms with Crippen LogP contribution in [-0.4, -0.2) is 20.8 Å². The molecule has 0 saturated heterocycles. The molecule has 1 aromatic heterocycles. The molecule has 5 aromatic rings. The normalized spacial score (nSPS) is 14.7. The van der Waals surface area contributed by atoms with Gasteiger partial charge in [0, 0.05) is 39.7 Å². The minimum atomic E-state index is 0.902. The van der Waals surface area contributed by atoms with Crippen molar-refractivity contribution >= 4 is 66.6 Å². The van der Waals surface area contributed by atoms with Crippen LogP contribution in [0.2, 0.25) is 0 Å². The van der Waals surface area contributed by atoms with Gasteiger partial charge in [0.15, 0.2) is 0 Å². The van der Waals surface area contributed by atoms with Crippen molar-refractivity contribution in [2.24, 2.45) is 0 Å². The molecule has 0 bridgehead atoms. The SMILES string of the molecule is CCN1C(=CC(C)=Cc2sc3cc(OC)c4ccccc4c3[n+]2CC)Sc2cc(OC)c3ccccc3c21. The van der Waals surface area contributed by atoms with Crippen LogP contribution in [-0.2, 0) is 6.54 Å². The first-order valence-electron chi connectivity index (χ1n) is 12.9. The molecule has 1 aliphatic heterocycles. The standard InChI is InChI=1S/C32H31N2O2S2/c1-6-33-29(37-27-18-25(35-4)21-12-8-10-14-23(21)31(27)33)16-20(3)17-30-34(7-2)32-24-15-11-9-13-22(24)26(36-5)19-28(32)38-30/h8-19H,6-7H2,1-5H3/q+1. The van der Waals surface area contributed by atoms with Gasteiger partial charge in [-0.3, -0.25) is 0 Å². The Balaban J connectivity index is 1.45. The lowest BCUT2D eigenvalue weighted by atomic mass is 10.1. The molecule has 0 radical (unpaired) electrons. The highest BCUT2D eigenvalue weighted by molar-refractivity contribution is 8.03. The number of nitrogens with zero attached hydrogens (tertiary/aromatic N) is 2. The number of hydrogen-bond acceptors (Lipinski definition) is 5. The Kier molecular flexibility index (Phi) is 6.54. The minimum Gasteiger partial charge on any atom is -0.496 e. The number of aromatic nitrogens is 1. The summed E-state index contributed by atoms with van der Waals surface area (Å²) in [5.41, 5.74) is 3.77. The van der Waals surface area contributed by atoms with Gasteiger partial charge >= 0.3 is 0 Å². The van der Waals surface area contributed by atoms with E-state index in [1.165, 1.54) is 47.2 Å². The summed E-state index contributed by atoms with van der Waals surface area (Å²) in [5, 5.41) is 7.25. The van der Waals surface area contributed by atoms with Gasteiger partial charge in [-0.2, -0.15) is 4.57 Å². The van der Waals surface area contributed by atoms with Gasteiger partial charge in [-0.15, -0.1) is 0 Å². The molecular formula is C32H31N2O2S2+. The summed E-state index contributed by atoms with van der Waals surface area (Å²) >= 11 is 3.64. The first-order valence-corrected chi connectivity index (χ1v) is 14.6. The zero-order valence-corrected chi connectivity index (χ0v) is 24.0. The van der Waals surface area contributed by atoms with Crippen LogP contribution in [0.5, 0.6) is 11.5 Å². The Bertz CT molecular complexity index is 1770. The summed E-state index contributed by atoms with van der Waals surface area (Å²) in [7, 11) is 3.50. The van der Waals surface area contributed by atoms with Crippen molar-refractivity contribution in [2.75, 3.05) is 25.7 Å². The molecule has 1 aliphatic rings. The van der Waals surface area contributed by atoms with Crippen LogP contribution in [0, 0.1) is 0 Å². The molecule has 0 atom stereocenters. The summed E-state index contributed by atoms with van der Waals surface area (Å²) in [6.45, 7) is 8.44. The second-order valence-corrected chi connectivity index (χ2v) is 11.5. The molecule has 0 saturated carbocycles. The number of methoxy groups -OCH3 is 2. The second-order valence-electron chi connectivity index (χ2n) is 9.34. The maximum atomic E-state index is 5.75. The van der Waals surface area contributed by atoms with E-state index < -0.39 is 0 Å². The number of allylic oxidation sites excluding steroid dienone is 2. The van der Waals surface area contributed by atoms with Crippen LogP contribution < -0.4 is 18.9 Å². The zero-order chi connectivity index (χ0) is 26.4. The van der Waals surface area contributed by atoms with Crippen LogP contribution in [0.15, 0.2) is 82.2 Å². The van der Waals surface area contributed by atoms with Crippen molar-refractivity contribution in [3.05, 3.63) is 82.3 Å². The van der Waals surface area contributed by atoms with Gasteiger partial charge in [0.2, 0.25) is 5.52 Å². The molecule has 0 spiro atoms. The maximum absolute atomic E-state index is 5.75. The molecule has 4 aromatic carbocycles. The predicted octanol–water partition coefficient (Wildman–Crippen LogP) is 8.41. The fraction of sp³-hybridized carbons (Fsp3) is 0.219. The van der Waals surface area contributed by atoms with Crippen molar-refractivity contribution in [3.63, 3.8) is 0 Å². The molecule has 38 heavy (non-hydrogen) atoms. The summed E-state index contributed by atoms with van der Waals surface area (Å²) in [5.74, 6) is 1.85. The van der Waals surface area contributed by atoms with Crippen LogP contribution in [0.4, 0.5) is 5.69 Å². The van der Waals surface area contributed by atoms with Crippen molar-refractivity contribution in [1.82, 2.24) is 0 Å². The highest BCUT2D eigenvalue weighted by Crippen LogP contribution is 2.52. The van der Waals surface area contributed by atoms with E-state index in [-0.39, 0.29) is 0 Å². The summed E-state index contributed by atoms with van der Waals surface area (Å²) in [4.78, 5) is 3.67. The fourth-order valence-corrected chi connectivity index (χ4v) is 8.05. The quantitative estimate of drug-likeness (QED) is 0.202. The zero-order valence-electron chi connectivity index (χ0n) is 22.4. The molecule has 0 fully saturated rings. The minimum absolute atomic E-state index is 0.902. The number of fused-ring (bicyclic) bond motifs is 6. The first-order chi connectivity index (χ1) is 18.6. The number of aryl methyl sites for hydroxylation is 1. The molecule has 0 N–H and O–H groups in total. The lowest BCUT2D eigenvalue weighted by Crippen LogP contribution is -2.33. The Morgan fingerprint density at radius 1 is 0.895 bits per heavy atom. The molecule has 6 rings (SSSR count). The highest BCUT2D eigenvalue weighted by atomic mass is 32.2. The molecule has 192 valence electrons. The van der Waals surface area contributed by atoms with E-state index in [4.69, 9.17) is 9.47 Å². The van der Waals surface area contributed by atoms with Gasteiger partial charge in [-0.1, -0.05) is 65.6 Å². The largest absolute Gasteiger partial charge is 0.496 e. The lowest BCUT2D eigenvalue weighted by Gasteiger charge is -2.20. The topological polar surface area (TPSA) is 25.6 Å². The summed E-state index contributed by atoms with van der Waals surface area (Å²) in [6.07, 6.45) is 4.64. The smallest absolute Gasteiger partial charge is 0.263 e. The highest BCUT2D eigenvalue weighted by Gasteiger charge is 2.28. The number of rotatable bonds is 6. The molecular weight excluding hydrogens is 508 g/mol. The number of hydrogen-bond donors (Lipinski definition) is 0. The Morgan fingerprint density at radius 3 is 2.18 bits per heavy atom. The summed E-state index contributed by atoms with van der Waals surface area (Å²) < 4.78 is 15.2. The number of thioether (sulfide) groups is 1. The van der Waals surface area contributed by atoms with Crippen molar-refractivity contribution < 1.29 is 14.0 Å². The molecule has 4 nitrogen and oxygen atoms in total. The van der Waals surface area contributed by atoms with E-state index in [9.17, 15) is 0 Å². The Hall–Kier alpha value is -3.48. The fourth-order valence-electron chi connectivity index (χ4n) is 5.48. The number of anilines is 1. The predicted molar refractivity (Wildman–Crippen MR) is 163 cm³/mol. The average molecular weight is 540 g/mol. The molecule has 6 heteroatoms. The molecule has 2 heterocycles. The lowest BCUT2D eigenvalue weighted by molar-refractivity contribution is -0.664. The van der Waals surface area contributed by atoms with Crippen molar-refractivity contribution in [1.29, 1.82) is 0 Å². The van der Waals surface area contributed by atoms with Crippen LogP contribution in [0.25, 0.3) is 37.8 Å². The summed E-state index contributed by atoms with van der Waals surface area (Å²) in [6, 6.07) is 21.4. The van der Waals surface area contributed by atoms with E-state index in [1.54, 1.807) is 14.2 Å². The number of thiazole rings is 1. The van der Waals surface area contributed by atoms with E-state index in [0.29, 0.717) is 0 Å². The average Bonchev–Trinajstić information content (AvgIpc) is 3.48. The Labute approximate surface area is 231 Å². The van der Waals surface area contributed by atoms with Crippen molar-refractivity contribution in [2.45, 2.75) is 32.2 Å². The van der Waals surface area contributed by atoms with Gasteiger partial charge in [0.25, 0.3) is 5.01 Å². The third-order valence-corrected chi connectivity index (χ3v) is 9.32. The van der Waals surface area contributed by atoms with Gasteiger partial charge in [0.05, 0.1) is 30.3 Å². The van der Waals surface area contributed by atoms with Gasteiger partial charge in [-0.25, -0.2) is 0 Å². The maximum Gasteiger partial charge on any atom is 0.263 e. The van der Waals surface area contributed by atoms with Crippen LogP contribution in [0.3, 0.4) is 0 Å². The van der Waals surface area contributed by atoms with E-state index in [2.05, 4.69) is 103 Å². The van der Waals surface area contributed by atoms with E-state index in [0.717, 1.165) is 35.4 Å². The van der Waals surface area contributed by atoms with Gasteiger partial charge in [-0.05, 0) is 44.6 Å². The van der Waals surface area contributed by atoms with E-state index >= 15 is 0 Å². The van der Waals surface area contributed by atoms with Crippen LogP contribution in [0.1, 0.15) is 25.8 Å². The van der Waals surface area contributed by atoms with E-state index in [1.807, 2.05) is 23.1 Å². The van der Waals surface area contributed by atoms with Gasteiger partial charge in [0.1, 0.15) is 22.7 Å². The molecule has 0 amide bonds. The first kappa shape index (κ1) is 24.8. The number of benzene rings is 4. The Morgan fingerprint density at radius 2 is 1.53 bits per heavy atom. The monoisotopic (exact) mass is 539 g/mol. The molecule has 0 unspecified atom stereocenters. The van der Waals surface area contributed by atoms with Gasteiger partial charge < -0.3 is 14.4 Å². The second kappa shape index (κ2) is 10.0. The third-order valence-electron chi connectivity index (χ3n) is 7.16. The third kappa shape index (κ3) is 3.94. The number of ether oxygens (including phenoxy) is 2. The van der Waals surface area contributed by atoms with Crippen LogP contribution >= 0.6 is 23.1 Å². The van der Waals surface area contributed by atoms with Crippen molar-refractivity contribution in [3.8, 4) is 11.5 Å². The molecule has 0 aliphatic carbocycles.